The maximum atomic E-state index is 11.5. The molecule has 1 aliphatic carbocycles. The standard InChI is InChI=1S/C14H26O4/c1-10(2)12-6-5-11(3)9-13(12)18-14(16)17-8-4-7-15/h10-13,15H,4-9H2,1-3H3. The van der Waals surface area contributed by atoms with Gasteiger partial charge in [-0.05, 0) is 30.6 Å². The first-order chi connectivity index (χ1) is 8.54. The highest BCUT2D eigenvalue weighted by Crippen LogP contribution is 2.35. The van der Waals surface area contributed by atoms with Crippen LogP contribution in [0.1, 0.15) is 46.5 Å². The van der Waals surface area contributed by atoms with Gasteiger partial charge in [0.1, 0.15) is 6.10 Å². The Kier molecular flexibility index (Phi) is 6.47. The van der Waals surface area contributed by atoms with Crippen LogP contribution in [0.15, 0.2) is 0 Å². The number of ether oxygens (including phenoxy) is 2. The Hall–Kier alpha value is -0.770. The molecule has 18 heavy (non-hydrogen) atoms. The molecule has 0 heterocycles. The second-order valence-corrected chi connectivity index (χ2v) is 5.66. The molecule has 0 saturated heterocycles. The molecule has 106 valence electrons. The molecule has 0 aromatic carbocycles. The van der Waals surface area contributed by atoms with Crippen molar-refractivity contribution in [3.63, 3.8) is 0 Å². The molecule has 0 bridgehead atoms. The Bertz CT molecular complexity index is 252. The first-order valence-electron chi connectivity index (χ1n) is 6.98. The fraction of sp³-hybridized carbons (Fsp3) is 0.929. The van der Waals surface area contributed by atoms with Crippen LogP contribution in [0.4, 0.5) is 4.79 Å². The Morgan fingerprint density at radius 1 is 1.39 bits per heavy atom. The normalized spacial score (nSPS) is 28.2. The minimum atomic E-state index is -0.590. The minimum Gasteiger partial charge on any atom is -0.434 e. The van der Waals surface area contributed by atoms with E-state index in [2.05, 4.69) is 20.8 Å². The van der Waals surface area contributed by atoms with E-state index in [9.17, 15) is 4.79 Å². The predicted octanol–water partition coefficient (Wildman–Crippen LogP) is 2.98. The molecule has 0 amide bonds. The lowest BCUT2D eigenvalue weighted by Crippen LogP contribution is -2.36. The maximum Gasteiger partial charge on any atom is 0.508 e. The van der Waals surface area contributed by atoms with Crippen LogP contribution in [0.25, 0.3) is 0 Å². The van der Waals surface area contributed by atoms with E-state index in [-0.39, 0.29) is 19.3 Å². The van der Waals surface area contributed by atoms with Gasteiger partial charge in [-0.25, -0.2) is 4.79 Å². The lowest BCUT2D eigenvalue weighted by Gasteiger charge is -2.36. The molecule has 0 aromatic rings. The third kappa shape index (κ3) is 4.84. The fourth-order valence-electron chi connectivity index (χ4n) is 2.63. The van der Waals surface area contributed by atoms with Gasteiger partial charge in [0, 0.05) is 13.0 Å². The van der Waals surface area contributed by atoms with E-state index in [0.717, 1.165) is 12.8 Å². The molecule has 1 fully saturated rings. The van der Waals surface area contributed by atoms with E-state index in [4.69, 9.17) is 14.6 Å². The quantitative estimate of drug-likeness (QED) is 0.608. The Labute approximate surface area is 110 Å². The fourth-order valence-corrected chi connectivity index (χ4v) is 2.63. The summed E-state index contributed by atoms with van der Waals surface area (Å²) in [6.07, 6.45) is 3.11. The van der Waals surface area contributed by atoms with Gasteiger partial charge in [0.25, 0.3) is 0 Å². The molecule has 3 unspecified atom stereocenters. The van der Waals surface area contributed by atoms with Crippen molar-refractivity contribution in [1.82, 2.24) is 0 Å². The highest BCUT2D eigenvalue weighted by atomic mass is 16.7. The van der Waals surface area contributed by atoms with Gasteiger partial charge in [-0.3, -0.25) is 0 Å². The molecular weight excluding hydrogens is 232 g/mol. The first kappa shape index (κ1) is 15.3. The lowest BCUT2D eigenvalue weighted by molar-refractivity contribution is -0.0327. The monoisotopic (exact) mass is 258 g/mol. The molecule has 1 saturated carbocycles. The Morgan fingerprint density at radius 2 is 2.11 bits per heavy atom. The molecule has 1 rings (SSSR count). The second kappa shape index (κ2) is 7.62. The summed E-state index contributed by atoms with van der Waals surface area (Å²) in [6.45, 7) is 6.80. The van der Waals surface area contributed by atoms with Crippen LogP contribution in [0.2, 0.25) is 0 Å². The smallest absolute Gasteiger partial charge is 0.434 e. The Balaban J connectivity index is 2.42. The van der Waals surface area contributed by atoms with E-state index < -0.39 is 6.16 Å². The number of hydrogen-bond donors (Lipinski definition) is 1. The third-order valence-corrected chi connectivity index (χ3v) is 3.73. The van der Waals surface area contributed by atoms with Crippen molar-refractivity contribution in [2.75, 3.05) is 13.2 Å². The summed E-state index contributed by atoms with van der Waals surface area (Å²) in [7, 11) is 0. The molecule has 0 radical (unpaired) electrons. The first-order valence-corrected chi connectivity index (χ1v) is 6.98. The minimum absolute atomic E-state index is 0.0182. The SMILES string of the molecule is CC1CCC(C(C)C)C(OC(=O)OCCCO)C1. The van der Waals surface area contributed by atoms with Crippen LogP contribution < -0.4 is 0 Å². The number of carbonyl (C=O) groups excluding carboxylic acids is 1. The van der Waals surface area contributed by atoms with Crippen LogP contribution in [0, 0.1) is 17.8 Å². The second-order valence-electron chi connectivity index (χ2n) is 5.66. The summed E-state index contributed by atoms with van der Waals surface area (Å²) in [5, 5.41) is 8.62. The third-order valence-electron chi connectivity index (χ3n) is 3.73. The van der Waals surface area contributed by atoms with Crippen molar-refractivity contribution < 1.29 is 19.4 Å². The van der Waals surface area contributed by atoms with Crippen molar-refractivity contribution in [2.24, 2.45) is 17.8 Å². The lowest BCUT2D eigenvalue weighted by atomic mass is 9.75. The summed E-state index contributed by atoms with van der Waals surface area (Å²) in [4.78, 5) is 11.5. The Morgan fingerprint density at radius 3 is 2.72 bits per heavy atom. The predicted molar refractivity (Wildman–Crippen MR) is 69.3 cm³/mol. The largest absolute Gasteiger partial charge is 0.508 e. The van der Waals surface area contributed by atoms with Crippen molar-refractivity contribution >= 4 is 6.16 Å². The zero-order valence-corrected chi connectivity index (χ0v) is 11.7. The topological polar surface area (TPSA) is 55.8 Å². The zero-order chi connectivity index (χ0) is 13.5. The van der Waals surface area contributed by atoms with Crippen LogP contribution in [0.5, 0.6) is 0 Å². The highest BCUT2D eigenvalue weighted by molar-refractivity contribution is 5.60. The summed E-state index contributed by atoms with van der Waals surface area (Å²) in [5.74, 6) is 1.56. The van der Waals surface area contributed by atoms with Gasteiger partial charge in [-0.1, -0.05) is 27.2 Å². The van der Waals surface area contributed by atoms with Crippen molar-refractivity contribution in [3.8, 4) is 0 Å². The zero-order valence-electron chi connectivity index (χ0n) is 11.7. The maximum absolute atomic E-state index is 11.5. The van der Waals surface area contributed by atoms with Gasteiger partial charge in [0.2, 0.25) is 0 Å². The summed E-state index contributed by atoms with van der Waals surface area (Å²) < 4.78 is 10.4. The average molecular weight is 258 g/mol. The van der Waals surface area contributed by atoms with Crippen LogP contribution >= 0.6 is 0 Å². The van der Waals surface area contributed by atoms with E-state index >= 15 is 0 Å². The van der Waals surface area contributed by atoms with Crippen LogP contribution in [-0.2, 0) is 9.47 Å². The van der Waals surface area contributed by atoms with Gasteiger partial charge < -0.3 is 14.6 Å². The molecule has 4 nitrogen and oxygen atoms in total. The average Bonchev–Trinajstić information content (AvgIpc) is 2.29. The van der Waals surface area contributed by atoms with Gasteiger partial charge in [-0.15, -0.1) is 0 Å². The van der Waals surface area contributed by atoms with Gasteiger partial charge in [0.05, 0.1) is 6.61 Å². The number of hydrogen-bond acceptors (Lipinski definition) is 4. The van der Waals surface area contributed by atoms with E-state index in [0.29, 0.717) is 24.2 Å². The number of carbonyl (C=O) groups is 1. The van der Waals surface area contributed by atoms with Gasteiger partial charge in [-0.2, -0.15) is 0 Å². The van der Waals surface area contributed by atoms with Gasteiger partial charge >= 0.3 is 6.16 Å². The molecule has 0 aromatic heterocycles. The van der Waals surface area contributed by atoms with Crippen LogP contribution in [0.3, 0.4) is 0 Å². The summed E-state index contributed by atoms with van der Waals surface area (Å²) >= 11 is 0. The molecule has 1 N–H and O–H groups in total. The molecular formula is C14H26O4. The molecule has 4 heteroatoms. The molecule has 0 spiro atoms. The van der Waals surface area contributed by atoms with Crippen molar-refractivity contribution in [3.05, 3.63) is 0 Å². The molecule has 0 aliphatic heterocycles. The number of aliphatic hydroxyl groups excluding tert-OH is 1. The molecule has 3 atom stereocenters. The molecule has 1 aliphatic rings. The van der Waals surface area contributed by atoms with E-state index in [1.165, 1.54) is 6.42 Å². The van der Waals surface area contributed by atoms with Gasteiger partial charge in [0.15, 0.2) is 0 Å². The van der Waals surface area contributed by atoms with Crippen molar-refractivity contribution in [1.29, 1.82) is 0 Å². The highest BCUT2D eigenvalue weighted by Gasteiger charge is 2.33. The summed E-state index contributed by atoms with van der Waals surface area (Å²) in [5.41, 5.74) is 0. The summed E-state index contributed by atoms with van der Waals surface area (Å²) in [6, 6.07) is 0. The number of aliphatic hydroxyl groups is 1. The number of rotatable bonds is 5. The van der Waals surface area contributed by atoms with Crippen molar-refractivity contribution in [2.45, 2.75) is 52.6 Å². The van der Waals surface area contributed by atoms with Crippen LogP contribution in [-0.4, -0.2) is 30.6 Å². The van der Waals surface area contributed by atoms with E-state index in [1.807, 2.05) is 0 Å². The van der Waals surface area contributed by atoms with E-state index in [1.54, 1.807) is 0 Å².